The molecule has 0 fully saturated rings. The molecule has 2 aromatic rings. The van der Waals surface area contributed by atoms with Crippen molar-refractivity contribution < 1.29 is 0 Å². The molecular weight excluding hydrogens is 331 g/mol. The van der Waals surface area contributed by atoms with E-state index in [0.717, 1.165) is 19.5 Å². The number of halogens is 1. The minimum Gasteiger partial charge on any atom is -0.202 e. The highest BCUT2D eigenvalue weighted by atomic mass is 127. The molecule has 0 aliphatic rings. The first-order chi connectivity index (χ1) is 6.76. The Balaban J connectivity index is 2.76. The van der Waals surface area contributed by atoms with Crippen LogP contribution < -0.4 is 0 Å². The first-order valence-electron chi connectivity index (χ1n) is 3.75. The third-order valence-corrected chi connectivity index (χ3v) is 3.58. The fourth-order valence-electron chi connectivity index (χ4n) is 1.03. The van der Waals surface area contributed by atoms with Crippen molar-refractivity contribution in [1.29, 1.82) is 0 Å². The first-order valence-corrected chi connectivity index (χ1v) is 7.28. The molecule has 2 rings (SSSR count). The minimum absolute atomic E-state index is 0.792. The van der Waals surface area contributed by atoms with Crippen LogP contribution in [0, 0.1) is 3.57 Å². The van der Waals surface area contributed by atoms with Gasteiger partial charge in [0.15, 0.2) is 16.0 Å². The van der Waals surface area contributed by atoms with Crippen LogP contribution in [-0.2, 0) is 0 Å². The monoisotopic (exact) mass is 338 g/mol. The van der Waals surface area contributed by atoms with Crippen molar-refractivity contribution in [2.24, 2.45) is 0 Å². The second-order valence-corrected chi connectivity index (χ2v) is 5.13. The largest absolute Gasteiger partial charge is 0.202 e. The summed E-state index contributed by atoms with van der Waals surface area (Å²) in [4.78, 5) is 8.76. The number of rotatable bonds is 2. The fourth-order valence-corrected chi connectivity index (χ4v) is 2.40. The van der Waals surface area contributed by atoms with Crippen LogP contribution in [0.15, 0.2) is 16.5 Å². The summed E-state index contributed by atoms with van der Waals surface area (Å²) in [5, 5.41) is 5.89. The van der Waals surface area contributed by atoms with Crippen molar-refractivity contribution in [2.75, 3.05) is 12.5 Å². The number of aromatic nitrogens is 4. The van der Waals surface area contributed by atoms with Crippen molar-refractivity contribution in [3.63, 3.8) is 0 Å². The predicted octanol–water partition coefficient (Wildman–Crippen LogP) is 2.17. The van der Waals surface area contributed by atoms with Crippen LogP contribution in [0.4, 0.5) is 0 Å². The van der Waals surface area contributed by atoms with E-state index in [1.165, 1.54) is 0 Å². The summed E-state index contributed by atoms with van der Waals surface area (Å²) in [5.41, 5.74) is 0.884. The molecule has 0 bridgehead atoms. The van der Waals surface area contributed by atoms with Crippen LogP contribution in [0.5, 0.6) is 0 Å². The molecule has 0 atom stereocenters. The Hall–Kier alpha value is -0.0200. The molecule has 0 saturated heterocycles. The Morgan fingerprint density at radius 1 is 1.29 bits per heavy atom. The summed E-state index contributed by atoms with van der Waals surface area (Å²) >= 11 is 5.35. The van der Waals surface area contributed by atoms with E-state index in [0.29, 0.717) is 0 Å². The van der Waals surface area contributed by atoms with E-state index in [2.05, 4.69) is 37.7 Å². The maximum atomic E-state index is 4.39. The molecule has 0 aromatic carbocycles. The Kier molecular flexibility index (Phi) is 3.17. The van der Waals surface area contributed by atoms with E-state index in [1.807, 2.05) is 12.5 Å². The number of nitrogens with zero attached hydrogens (tertiary/aromatic N) is 4. The molecular formula is C7H7IN4S2. The van der Waals surface area contributed by atoms with E-state index >= 15 is 0 Å². The van der Waals surface area contributed by atoms with Gasteiger partial charge in [0.1, 0.15) is 0 Å². The lowest BCUT2D eigenvalue weighted by atomic mass is 10.7. The summed E-state index contributed by atoms with van der Waals surface area (Å²) in [6.07, 6.45) is 5.76. The molecule has 0 amide bonds. The van der Waals surface area contributed by atoms with Crippen molar-refractivity contribution in [3.8, 4) is 0 Å². The predicted molar refractivity (Wildman–Crippen MR) is 67.1 cm³/mol. The van der Waals surface area contributed by atoms with Crippen molar-refractivity contribution in [3.05, 3.63) is 9.77 Å². The second kappa shape index (κ2) is 4.23. The molecule has 2 heterocycles. The molecule has 2 aromatic heterocycles. The third kappa shape index (κ3) is 1.72. The normalized spacial score (nSPS) is 11.1. The molecule has 4 nitrogen and oxygen atoms in total. The zero-order valence-electron chi connectivity index (χ0n) is 7.56. The van der Waals surface area contributed by atoms with Crippen LogP contribution in [0.1, 0.15) is 0 Å². The van der Waals surface area contributed by atoms with Gasteiger partial charge < -0.3 is 0 Å². The molecule has 7 heteroatoms. The third-order valence-electron chi connectivity index (χ3n) is 1.64. The summed E-state index contributed by atoms with van der Waals surface area (Å²) in [6.45, 7) is 0. The molecule has 0 spiro atoms. The Morgan fingerprint density at radius 3 is 2.71 bits per heavy atom. The Morgan fingerprint density at radius 2 is 2.07 bits per heavy atom. The maximum Gasteiger partial charge on any atom is 0.193 e. The molecule has 0 radical (unpaired) electrons. The van der Waals surface area contributed by atoms with Crippen molar-refractivity contribution in [2.45, 2.75) is 10.3 Å². The SMILES string of the molecule is CSc1nc(SC)n2ncc(I)c2n1. The van der Waals surface area contributed by atoms with Crippen LogP contribution >= 0.6 is 46.1 Å². The molecule has 0 aliphatic carbocycles. The van der Waals surface area contributed by atoms with Crippen LogP contribution in [0.25, 0.3) is 5.65 Å². The van der Waals surface area contributed by atoms with Gasteiger partial charge in [0.2, 0.25) is 0 Å². The smallest absolute Gasteiger partial charge is 0.193 e. The summed E-state index contributed by atoms with van der Waals surface area (Å²) in [6, 6.07) is 0. The number of thioether (sulfide) groups is 2. The van der Waals surface area contributed by atoms with Gasteiger partial charge >= 0.3 is 0 Å². The zero-order valence-corrected chi connectivity index (χ0v) is 11.4. The second-order valence-electron chi connectivity index (χ2n) is 2.42. The average Bonchev–Trinajstić information content (AvgIpc) is 2.59. The fraction of sp³-hybridized carbons (Fsp3) is 0.286. The van der Waals surface area contributed by atoms with Crippen LogP contribution in [-0.4, -0.2) is 32.1 Å². The lowest BCUT2D eigenvalue weighted by Gasteiger charge is -2.01. The number of hydrogen-bond donors (Lipinski definition) is 0. The van der Waals surface area contributed by atoms with Crippen LogP contribution in [0.2, 0.25) is 0 Å². The van der Waals surface area contributed by atoms with E-state index in [9.17, 15) is 0 Å². The van der Waals surface area contributed by atoms with Gasteiger partial charge in [0.25, 0.3) is 0 Å². The molecule has 0 aliphatic heterocycles. The van der Waals surface area contributed by atoms with Gasteiger partial charge in [-0.05, 0) is 35.1 Å². The summed E-state index contributed by atoms with van der Waals surface area (Å²) in [5.74, 6) is 0. The van der Waals surface area contributed by atoms with Crippen molar-refractivity contribution >= 4 is 51.8 Å². The highest BCUT2D eigenvalue weighted by Gasteiger charge is 2.09. The highest BCUT2D eigenvalue weighted by molar-refractivity contribution is 14.1. The van der Waals surface area contributed by atoms with Crippen molar-refractivity contribution in [1.82, 2.24) is 19.6 Å². The highest BCUT2D eigenvalue weighted by Crippen LogP contribution is 2.20. The van der Waals surface area contributed by atoms with E-state index in [1.54, 1.807) is 34.2 Å². The topological polar surface area (TPSA) is 43.1 Å². The van der Waals surface area contributed by atoms with Gasteiger partial charge in [-0.15, -0.1) is 0 Å². The zero-order chi connectivity index (χ0) is 10.1. The van der Waals surface area contributed by atoms with Gasteiger partial charge in [0, 0.05) is 0 Å². The van der Waals surface area contributed by atoms with E-state index < -0.39 is 0 Å². The Bertz CT molecular complexity index is 470. The van der Waals surface area contributed by atoms with Gasteiger partial charge in [-0.1, -0.05) is 23.5 Å². The average molecular weight is 338 g/mol. The summed E-state index contributed by atoms with van der Waals surface area (Å²) in [7, 11) is 0. The Labute approximate surface area is 103 Å². The molecule has 0 N–H and O–H groups in total. The van der Waals surface area contributed by atoms with Gasteiger partial charge in [-0.25, -0.2) is 4.98 Å². The molecule has 0 saturated carbocycles. The van der Waals surface area contributed by atoms with Gasteiger partial charge in [-0.2, -0.15) is 14.6 Å². The number of hydrogen-bond acceptors (Lipinski definition) is 5. The van der Waals surface area contributed by atoms with E-state index in [4.69, 9.17) is 0 Å². The molecule has 0 unspecified atom stereocenters. The standard InChI is InChI=1S/C7H7IN4S2/c1-13-6-10-5-4(8)3-9-12(5)7(11-6)14-2/h3H,1-2H3. The maximum absolute atomic E-state index is 4.39. The summed E-state index contributed by atoms with van der Waals surface area (Å²) < 4.78 is 2.82. The molecule has 74 valence electrons. The molecule has 14 heavy (non-hydrogen) atoms. The van der Waals surface area contributed by atoms with Gasteiger partial charge in [-0.3, -0.25) is 0 Å². The number of fused-ring (bicyclic) bond motifs is 1. The lowest BCUT2D eigenvalue weighted by molar-refractivity contribution is 0.723. The quantitative estimate of drug-likeness (QED) is 0.620. The van der Waals surface area contributed by atoms with E-state index in [-0.39, 0.29) is 0 Å². The van der Waals surface area contributed by atoms with Gasteiger partial charge in [0.05, 0.1) is 9.77 Å². The first kappa shape index (κ1) is 10.5. The minimum atomic E-state index is 0.792. The van der Waals surface area contributed by atoms with Crippen LogP contribution in [0.3, 0.4) is 0 Å². The lowest BCUT2D eigenvalue weighted by Crippen LogP contribution is -2.00.